The van der Waals surface area contributed by atoms with Gasteiger partial charge in [-0.2, -0.15) is 0 Å². The molecule has 5 N–H and O–H groups in total. The van der Waals surface area contributed by atoms with Crippen molar-refractivity contribution in [2.24, 2.45) is 7.05 Å². The minimum atomic E-state index is -4.46. The van der Waals surface area contributed by atoms with Gasteiger partial charge in [0.15, 0.2) is 22.7 Å². The lowest BCUT2D eigenvalue weighted by atomic mass is 9.88. The molecule has 0 saturated carbocycles. The molecule has 2 aromatic rings. The third-order valence-corrected chi connectivity index (χ3v) is 9.47. The summed E-state index contributed by atoms with van der Waals surface area (Å²) in [5.74, 6) is 0. The molecule has 0 spiro atoms. The largest absolute Gasteiger partial charge is 0.388 e. The van der Waals surface area contributed by atoms with E-state index in [1.165, 1.54) is 21.8 Å². The molecule has 1 saturated heterocycles. The van der Waals surface area contributed by atoms with Crippen molar-refractivity contribution in [2.75, 3.05) is 0 Å². The van der Waals surface area contributed by atoms with E-state index in [1.807, 2.05) is 0 Å². The van der Waals surface area contributed by atoms with Gasteiger partial charge in [0.25, 0.3) is 0 Å². The fraction of sp³-hybridized carbons (Fsp3) is 0.762. The smallest absolute Gasteiger partial charge is 0.359 e. The van der Waals surface area contributed by atoms with Crippen LogP contribution < -0.4 is 5.49 Å². The van der Waals surface area contributed by atoms with Gasteiger partial charge in [-0.3, -0.25) is 19.1 Å². The molecule has 1 aliphatic heterocycles. The van der Waals surface area contributed by atoms with Gasteiger partial charge in [-0.15, -0.1) is 0 Å². The summed E-state index contributed by atoms with van der Waals surface area (Å²) in [4.78, 5) is 19.2. The molecule has 0 aromatic carbocycles. The average molecular weight is 502 g/mol. The maximum Gasteiger partial charge on any atom is 0.359 e. The van der Waals surface area contributed by atoms with Gasteiger partial charge in [0, 0.05) is 13.5 Å². The summed E-state index contributed by atoms with van der Waals surface area (Å²) in [6.45, 7) is 6.81. The molecule has 12 nitrogen and oxygen atoms in total. The van der Waals surface area contributed by atoms with Crippen LogP contribution in [0.1, 0.15) is 66.0 Å². The van der Waals surface area contributed by atoms with Crippen LogP contribution >= 0.6 is 7.60 Å². The highest BCUT2D eigenvalue weighted by Crippen LogP contribution is 2.61. The number of nitrogens with zero attached hydrogens (tertiary/aromatic N) is 4. The Kier molecular flexibility index (Phi) is 7.74. The fourth-order valence-electron chi connectivity index (χ4n) is 4.40. The van der Waals surface area contributed by atoms with Gasteiger partial charge in [-0.05, 0) is 25.7 Å². The van der Waals surface area contributed by atoms with Crippen molar-refractivity contribution in [1.82, 2.24) is 19.1 Å². The van der Waals surface area contributed by atoms with Gasteiger partial charge < -0.3 is 29.5 Å². The van der Waals surface area contributed by atoms with E-state index in [4.69, 9.17) is 14.7 Å². The summed E-state index contributed by atoms with van der Waals surface area (Å²) in [5.41, 5.74) is -0.404. The first-order valence-electron chi connectivity index (χ1n) is 11.6. The number of aliphatic hydroxyl groups excluding tert-OH is 2. The zero-order valence-electron chi connectivity index (χ0n) is 20.2. The van der Waals surface area contributed by atoms with Gasteiger partial charge in [0.2, 0.25) is 0 Å². The zero-order chi connectivity index (χ0) is 25.5. The van der Waals surface area contributed by atoms with Crippen molar-refractivity contribution in [1.29, 1.82) is 5.41 Å². The van der Waals surface area contributed by atoms with Gasteiger partial charge in [0.05, 0.1) is 24.4 Å². The minimum Gasteiger partial charge on any atom is -0.388 e. The van der Waals surface area contributed by atoms with Crippen LogP contribution in [0.15, 0.2) is 12.7 Å². The molecule has 2 aromatic heterocycles. The zero-order valence-corrected chi connectivity index (χ0v) is 21.1. The van der Waals surface area contributed by atoms with Crippen molar-refractivity contribution in [3.8, 4) is 0 Å². The Hall–Kier alpha value is -1.66. The molecular weight excluding hydrogens is 465 g/mol. The molecule has 5 unspecified atom stereocenters. The van der Waals surface area contributed by atoms with Crippen LogP contribution in [0.5, 0.6) is 0 Å². The topological polar surface area (TPSA) is 176 Å². The molecule has 1 fully saturated rings. The molecule has 13 heteroatoms. The molecule has 0 bridgehead atoms. The Morgan fingerprint density at radius 1 is 1.12 bits per heavy atom. The molecule has 1 aliphatic rings. The fourth-order valence-corrected chi connectivity index (χ4v) is 6.23. The summed E-state index contributed by atoms with van der Waals surface area (Å²) in [5, 5.41) is 38.5. The first-order chi connectivity index (χ1) is 15.9. The number of ether oxygens (including phenoxy) is 1. The van der Waals surface area contributed by atoms with Crippen LogP contribution in [-0.4, -0.2) is 68.6 Å². The van der Waals surface area contributed by atoms with Crippen molar-refractivity contribution in [3.05, 3.63) is 18.1 Å². The molecule has 192 valence electrons. The standard InChI is InChI=1S/C21H36N5O7P/c1-6-20(7-2,33-34(30,31)21(29,8-3)9-4)10-13-15(27)16(28)19(32-13)26-12-23-14-17(22)25(5)11-24-18(14)26/h11-13,15-16,19,22,27-29H,6-10H2,1-5H3,(H,30,31). The monoisotopic (exact) mass is 501 g/mol. The third kappa shape index (κ3) is 4.48. The van der Waals surface area contributed by atoms with Crippen LogP contribution in [0.4, 0.5) is 0 Å². The number of hydrogen-bond donors (Lipinski definition) is 5. The Bertz CT molecular complexity index is 1110. The Labute approximate surface area is 198 Å². The lowest BCUT2D eigenvalue weighted by Crippen LogP contribution is -2.42. The molecule has 34 heavy (non-hydrogen) atoms. The SMILES string of the molecule is CCC(CC)(CC1OC(n2cnc3c(=N)n(C)cnc32)C(O)C1O)OP(=O)(O)C(O)(CC)CC. The minimum absolute atomic E-state index is 0.0154. The van der Waals surface area contributed by atoms with Crippen LogP contribution in [0, 0.1) is 5.41 Å². The van der Waals surface area contributed by atoms with E-state index in [0.717, 1.165) is 0 Å². The van der Waals surface area contributed by atoms with Crippen LogP contribution in [0.25, 0.3) is 11.2 Å². The second-order valence-corrected chi connectivity index (χ2v) is 11.0. The summed E-state index contributed by atoms with van der Waals surface area (Å²) in [6.07, 6.45) is -1.01. The number of imidazole rings is 1. The Balaban J connectivity index is 1.89. The predicted molar refractivity (Wildman–Crippen MR) is 123 cm³/mol. The summed E-state index contributed by atoms with van der Waals surface area (Å²) < 4.78 is 27.9. The third-order valence-electron chi connectivity index (χ3n) is 7.15. The lowest BCUT2D eigenvalue weighted by molar-refractivity contribution is -0.0761. The predicted octanol–water partition coefficient (Wildman–Crippen LogP) is 1.53. The number of nitrogens with one attached hydrogen (secondary N) is 1. The summed E-state index contributed by atoms with van der Waals surface area (Å²) in [7, 11) is -2.79. The van der Waals surface area contributed by atoms with E-state index < -0.39 is 43.1 Å². The average Bonchev–Trinajstić information content (AvgIpc) is 3.36. The van der Waals surface area contributed by atoms with Crippen molar-refractivity contribution in [3.63, 3.8) is 0 Å². The van der Waals surface area contributed by atoms with E-state index in [0.29, 0.717) is 24.0 Å². The number of fused-ring (bicyclic) bond motifs is 1. The van der Waals surface area contributed by atoms with Crippen LogP contribution in [0.2, 0.25) is 0 Å². The normalized spacial score (nSPS) is 25.7. The van der Waals surface area contributed by atoms with E-state index in [2.05, 4.69) is 9.97 Å². The second-order valence-electron chi connectivity index (χ2n) is 8.97. The van der Waals surface area contributed by atoms with Crippen LogP contribution in [-0.2, 0) is 20.9 Å². The lowest BCUT2D eigenvalue weighted by Gasteiger charge is -2.40. The molecule has 0 amide bonds. The Morgan fingerprint density at radius 3 is 2.29 bits per heavy atom. The highest BCUT2D eigenvalue weighted by atomic mass is 31.2. The molecular formula is C21H36N5O7P. The summed E-state index contributed by atoms with van der Waals surface area (Å²) >= 11 is 0. The first kappa shape index (κ1) is 26.9. The molecule has 0 aliphatic carbocycles. The number of aryl methyl sites for hydroxylation is 1. The number of rotatable bonds is 10. The second kappa shape index (κ2) is 9.77. The van der Waals surface area contributed by atoms with Gasteiger partial charge in [0.1, 0.15) is 17.7 Å². The van der Waals surface area contributed by atoms with Gasteiger partial charge in [-0.1, -0.05) is 27.7 Å². The summed E-state index contributed by atoms with van der Waals surface area (Å²) in [6, 6.07) is 0. The molecule has 3 heterocycles. The van der Waals surface area contributed by atoms with Crippen molar-refractivity contribution in [2.45, 2.75) is 95.3 Å². The molecule has 0 radical (unpaired) electrons. The van der Waals surface area contributed by atoms with E-state index >= 15 is 0 Å². The number of aromatic nitrogens is 4. The number of hydrogen-bond acceptors (Lipinski definition) is 9. The quantitative estimate of drug-likeness (QED) is 0.302. The maximum absolute atomic E-state index is 13.1. The Morgan fingerprint density at radius 2 is 1.74 bits per heavy atom. The van der Waals surface area contributed by atoms with E-state index in [1.54, 1.807) is 34.7 Å². The first-order valence-corrected chi connectivity index (χ1v) is 13.2. The highest BCUT2D eigenvalue weighted by molar-refractivity contribution is 7.54. The van der Waals surface area contributed by atoms with Gasteiger partial charge in [-0.25, -0.2) is 9.97 Å². The molecule has 3 rings (SSSR count). The number of aliphatic hydroxyl groups is 3. The van der Waals surface area contributed by atoms with E-state index in [-0.39, 0.29) is 24.8 Å². The maximum atomic E-state index is 13.1. The van der Waals surface area contributed by atoms with E-state index in [9.17, 15) is 24.8 Å². The van der Waals surface area contributed by atoms with Gasteiger partial charge >= 0.3 is 7.60 Å². The van der Waals surface area contributed by atoms with Crippen molar-refractivity contribution >= 4 is 18.8 Å². The molecule has 5 atom stereocenters. The van der Waals surface area contributed by atoms with Crippen molar-refractivity contribution < 1.29 is 34.0 Å². The van der Waals surface area contributed by atoms with Crippen LogP contribution in [0.3, 0.4) is 0 Å². The highest BCUT2D eigenvalue weighted by Gasteiger charge is 2.52.